The Morgan fingerprint density at radius 2 is 1.78 bits per heavy atom. The number of esters is 1. The van der Waals surface area contributed by atoms with E-state index < -0.39 is 8.32 Å². The first kappa shape index (κ1) is 24.8. The summed E-state index contributed by atoms with van der Waals surface area (Å²) < 4.78 is 24.3. The summed E-state index contributed by atoms with van der Waals surface area (Å²) in [4.78, 5) is 13.1. The predicted octanol–water partition coefficient (Wildman–Crippen LogP) is 6.38. The van der Waals surface area contributed by atoms with Crippen molar-refractivity contribution in [2.24, 2.45) is 5.92 Å². The largest absolute Gasteiger partial charge is 0.497 e. The van der Waals surface area contributed by atoms with Gasteiger partial charge in [-0.25, -0.2) is 4.79 Å². The van der Waals surface area contributed by atoms with Gasteiger partial charge in [-0.15, -0.1) is 0 Å². The van der Waals surface area contributed by atoms with E-state index in [0.29, 0.717) is 12.0 Å². The van der Waals surface area contributed by atoms with Crippen LogP contribution in [0.15, 0.2) is 35.6 Å². The molecule has 0 N–H and O–H groups in total. The maximum atomic E-state index is 13.1. The van der Waals surface area contributed by atoms with Crippen LogP contribution in [0.5, 0.6) is 5.75 Å². The number of hydrogen-bond acceptors (Lipinski definition) is 5. The molecule has 0 aromatic heterocycles. The van der Waals surface area contributed by atoms with Crippen LogP contribution in [0.4, 0.5) is 0 Å². The van der Waals surface area contributed by atoms with E-state index in [-0.39, 0.29) is 30.2 Å². The van der Waals surface area contributed by atoms with Gasteiger partial charge in [0.05, 0.1) is 18.8 Å². The van der Waals surface area contributed by atoms with Crippen LogP contribution >= 0.6 is 0 Å². The third-order valence-electron chi connectivity index (χ3n) is 7.60. The molecule has 5 nitrogen and oxygen atoms in total. The average Bonchev–Trinajstić information content (AvgIpc) is 2.91. The molecular formula is C26H40O5Si. The summed E-state index contributed by atoms with van der Waals surface area (Å²) in [7, 11) is -0.121. The van der Waals surface area contributed by atoms with Crippen molar-refractivity contribution in [3.63, 3.8) is 0 Å². The van der Waals surface area contributed by atoms with Crippen LogP contribution in [-0.2, 0) is 25.3 Å². The number of rotatable bonds is 9. The van der Waals surface area contributed by atoms with Crippen molar-refractivity contribution in [3.8, 4) is 5.75 Å². The fourth-order valence-electron chi connectivity index (χ4n) is 4.94. The number of hydrogen-bond donors (Lipinski definition) is 0. The van der Waals surface area contributed by atoms with Crippen LogP contribution < -0.4 is 4.74 Å². The molecule has 0 aliphatic carbocycles. The Labute approximate surface area is 194 Å². The number of benzene rings is 1. The highest BCUT2D eigenvalue weighted by Crippen LogP contribution is 2.44. The van der Waals surface area contributed by atoms with E-state index in [1.807, 2.05) is 24.3 Å². The van der Waals surface area contributed by atoms with Gasteiger partial charge in [-0.3, -0.25) is 0 Å². The van der Waals surface area contributed by atoms with Gasteiger partial charge >= 0.3 is 5.97 Å². The van der Waals surface area contributed by atoms with Crippen molar-refractivity contribution >= 4 is 14.3 Å². The first-order valence-electron chi connectivity index (χ1n) is 12.2. The molecule has 3 rings (SSSR count). The highest BCUT2D eigenvalue weighted by atomic mass is 28.4. The minimum atomic E-state index is -1.76. The summed E-state index contributed by atoms with van der Waals surface area (Å²) in [6.07, 6.45) is 3.56. The zero-order chi connectivity index (χ0) is 23.4. The molecule has 1 aromatic carbocycles. The number of methoxy groups -OCH3 is 1. The normalized spacial score (nSPS) is 25.7. The summed E-state index contributed by atoms with van der Waals surface area (Å²) in [6.45, 7) is 11.4. The molecule has 0 saturated carbocycles. The highest BCUT2D eigenvalue weighted by molar-refractivity contribution is 6.73. The zero-order valence-corrected chi connectivity index (χ0v) is 21.7. The first-order chi connectivity index (χ1) is 15.3. The van der Waals surface area contributed by atoms with Gasteiger partial charge in [0.15, 0.2) is 8.32 Å². The molecule has 0 spiro atoms. The monoisotopic (exact) mass is 460 g/mol. The summed E-state index contributed by atoms with van der Waals surface area (Å²) in [5.74, 6) is 1.37. The Morgan fingerprint density at radius 1 is 1.12 bits per heavy atom. The minimum Gasteiger partial charge on any atom is -0.497 e. The zero-order valence-electron chi connectivity index (χ0n) is 20.7. The van der Waals surface area contributed by atoms with Gasteiger partial charge in [-0.2, -0.15) is 0 Å². The van der Waals surface area contributed by atoms with Crippen LogP contribution in [0, 0.1) is 5.92 Å². The molecule has 0 amide bonds. The third kappa shape index (κ3) is 5.40. The second kappa shape index (κ2) is 10.4. The molecule has 2 aliphatic rings. The molecule has 2 aliphatic heterocycles. The molecule has 6 heteroatoms. The van der Waals surface area contributed by atoms with Crippen LogP contribution in [0.1, 0.15) is 65.9 Å². The van der Waals surface area contributed by atoms with E-state index in [0.717, 1.165) is 54.5 Å². The molecule has 0 radical (unpaired) electrons. The lowest BCUT2D eigenvalue weighted by molar-refractivity contribution is -0.142. The molecule has 1 aromatic rings. The molecule has 1 fully saturated rings. The van der Waals surface area contributed by atoms with Crippen molar-refractivity contribution in [1.29, 1.82) is 0 Å². The molecular weight excluding hydrogens is 420 g/mol. The van der Waals surface area contributed by atoms with Gasteiger partial charge in [-0.05, 0) is 68.4 Å². The van der Waals surface area contributed by atoms with Crippen LogP contribution in [0.2, 0.25) is 18.1 Å². The maximum absolute atomic E-state index is 13.1. The van der Waals surface area contributed by atoms with Crippen molar-refractivity contribution in [1.82, 2.24) is 0 Å². The van der Waals surface area contributed by atoms with Crippen LogP contribution in [0.25, 0.3) is 0 Å². The van der Waals surface area contributed by atoms with Crippen LogP contribution in [-0.4, -0.2) is 33.1 Å². The molecule has 2 bridgehead atoms. The van der Waals surface area contributed by atoms with Gasteiger partial charge in [0.25, 0.3) is 0 Å². The number of carbonyl (C=O) groups is 1. The van der Waals surface area contributed by atoms with Crippen molar-refractivity contribution in [2.45, 2.75) is 96.7 Å². The van der Waals surface area contributed by atoms with Gasteiger partial charge in [0.1, 0.15) is 23.7 Å². The molecule has 0 unspecified atom stereocenters. The van der Waals surface area contributed by atoms with Crippen LogP contribution in [0.3, 0.4) is 0 Å². The lowest BCUT2D eigenvalue weighted by Crippen LogP contribution is -2.42. The highest BCUT2D eigenvalue weighted by Gasteiger charge is 2.45. The fraction of sp³-hybridized carbons (Fsp3) is 0.654. The summed E-state index contributed by atoms with van der Waals surface area (Å²) >= 11 is 0. The van der Waals surface area contributed by atoms with E-state index in [1.165, 1.54) is 0 Å². The molecule has 32 heavy (non-hydrogen) atoms. The molecule has 1 saturated heterocycles. The van der Waals surface area contributed by atoms with Crippen molar-refractivity contribution < 1.29 is 23.4 Å². The van der Waals surface area contributed by atoms with Crippen molar-refractivity contribution in [3.05, 3.63) is 41.2 Å². The minimum absolute atomic E-state index is 0.0530. The SMILES string of the molecule is CC[Si](CC)(CC)O[C@H]1CC[C@@]2(C)CCC(C(=O)OCc3ccc(OC)cc3)=C(O2)[C@@H]1C. The molecule has 2 heterocycles. The Morgan fingerprint density at radius 3 is 2.38 bits per heavy atom. The number of carbonyl (C=O) groups excluding carboxylic acids is 1. The second-order valence-electron chi connectivity index (χ2n) is 9.55. The Kier molecular flexibility index (Phi) is 8.09. The Bertz CT molecular complexity index is 806. The summed E-state index contributed by atoms with van der Waals surface area (Å²) in [5, 5.41) is 0. The molecule has 3 atom stereocenters. The average molecular weight is 461 g/mol. The van der Waals surface area contributed by atoms with Gasteiger partial charge in [-0.1, -0.05) is 39.8 Å². The van der Waals surface area contributed by atoms with E-state index >= 15 is 0 Å². The number of fused-ring (bicyclic) bond motifs is 2. The Hall–Kier alpha value is -1.79. The van der Waals surface area contributed by atoms with Gasteiger partial charge in [0, 0.05) is 5.92 Å². The van der Waals surface area contributed by atoms with Gasteiger partial charge < -0.3 is 18.6 Å². The van der Waals surface area contributed by atoms with E-state index in [1.54, 1.807) is 7.11 Å². The first-order valence-corrected chi connectivity index (χ1v) is 14.7. The Balaban J connectivity index is 1.79. The summed E-state index contributed by atoms with van der Waals surface area (Å²) in [5.41, 5.74) is 1.40. The quantitative estimate of drug-likeness (QED) is 0.316. The molecule has 178 valence electrons. The fourth-order valence-corrected chi connectivity index (χ4v) is 7.91. The lowest BCUT2D eigenvalue weighted by atomic mass is 9.90. The second-order valence-corrected chi connectivity index (χ2v) is 14.3. The standard InChI is InChI=1S/C26H40O5Si/c1-7-32(8-2,9-3)31-23-15-17-26(5)16-14-22(24(30-26)19(23)4)25(27)29-18-20-10-12-21(28-6)13-11-20/h10-13,19,23H,7-9,14-18H2,1-6H3/t19-,23+,26-/m1/s1. The van der Waals surface area contributed by atoms with E-state index in [2.05, 4.69) is 34.6 Å². The predicted molar refractivity (Wildman–Crippen MR) is 129 cm³/mol. The lowest BCUT2D eigenvalue weighted by Gasteiger charge is -2.37. The van der Waals surface area contributed by atoms with E-state index in [4.69, 9.17) is 18.6 Å². The summed E-state index contributed by atoms with van der Waals surface area (Å²) in [6, 6.07) is 11.0. The number of ether oxygens (including phenoxy) is 3. The van der Waals surface area contributed by atoms with E-state index in [9.17, 15) is 4.79 Å². The topological polar surface area (TPSA) is 54.0 Å². The van der Waals surface area contributed by atoms with Gasteiger partial charge in [0.2, 0.25) is 0 Å². The van der Waals surface area contributed by atoms with Crippen molar-refractivity contribution in [2.75, 3.05) is 7.11 Å². The smallest absolute Gasteiger partial charge is 0.337 e. The maximum Gasteiger partial charge on any atom is 0.337 e. The third-order valence-corrected chi connectivity index (χ3v) is 12.3.